The first-order chi connectivity index (χ1) is 44.9. The number of nitrogen functional groups attached to an aromatic ring is 2. The van der Waals surface area contributed by atoms with Gasteiger partial charge in [0.25, 0.3) is 0 Å². The average Bonchev–Trinajstić information content (AvgIpc) is 0.856. The maximum absolute atomic E-state index is 12.2. The zero-order valence-electron chi connectivity index (χ0n) is 60.7. The van der Waals surface area contributed by atoms with E-state index in [9.17, 15) is 44.4 Å². The zero-order valence-corrected chi connectivity index (χ0v) is 64.7. The van der Waals surface area contributed by atoms with Crippen molar-refractivity contribution >= 4 is 99.2 Å². The van der Waals surface area contributed by atoms with Crippen LogP contribution in [0.25, 0.3) is 0 Å². The summed E-state index contributed by atoms with van der Waals surface area (Å²) >= 11 is 0. The van der Waals surface area contributed by atoms with E-state index in [0.29, 0.717) is 98.7 Å². The van der Waals surface area contributed by atoms with Crippen LogP contribution in [0, 0.1) is 0 Å². The van der Waals surface area contributed by atoms with E-state index in [0.717, 1.165) is 25.7 Å². The van der Waals surface area contributed by atoms with Gasteiger partial charge in [0.05, 0.1) is 46.8 Å². The van der Waals surface area contributed by atoms with Crippen molar-refractivity contribution in [1.82, 2.24) is 16.0 Å². The van der Waals surface area contributed by atoms with Crippen LogP contribution in [0.1, 0.15) is 170 Å². The van der Waals surface area contributed by atoms with Gasteiger partial charge in [0.1, 0.15) is 59.6 Å². The van der Waals surface area contributed by atoms with Crippen molar-refractivity contribution in [2.24, 2.45) is 5.73 Å². The fourth-order valence-electron chi connectivity index (χ4n) is 6.82. The van der Waals surface area contributed by atoms with Crippen LogP contribution in [0.5, 0.6) is 23.0 Å². The Hall–Kier alpha value is -7.05. The maximum Gasteiger partial charge on any atom is 0.407 e. The second kappa shape index (κ2) is 52.0. The fourth-order valence-corrected chi connectivity index (χ4v) is 10.0. The molecule has 31 heteroatoms. The number of anilines is 4. The summed E-state index contributed by atoms with van der Waals surface area (Å²) in [5.41, 5.74) is 17.0. The number of esters is 1. The van der Waals surface area contributed by atoms with Crippen LogP contribution in [-0.2, 0) is 52.8 Å². The highest BCUT2D eigenvalue weighted by Crippen LogP contribution is 2.23. The third kappa shape index (κ3) is 56.9. The van der Waals surface area contributed by atoms with Gasteiger partial charge in [-0.05, 0) is 164 Å². The molecule has 98 heavy (non-hydrogen) atoms. The molecule has 4 rings (SSSR count). The smallest absolute Gasteiger partial charge is 0.407 e. The molecule has 12 N–H and O–H groups in total. The molecule has 26 nitrogen and oxygen atoms in total. The molecule has 0 saturated heterocycles. The van der Waals surface area contributed by atoms with Crippen molar-refractivity contribution in [2.45, 2.75) is 202 Å². The number of phenols is 1. The lowest BCUT2D eigenvalue weighted by Crippen LogP contribution is -2.34. The molecule has 564 valence electrons. The Balaban J connectivity index is -0.000000552. The van der Waals surface area contributed by atoms with Gasteiger partial charge in [0, 0.05) is 66.3 Å². The lowest BCUT2D eigenvalue weighted by molar-refractivity contribution is -0.140. The summed E-state index contributed by atoms with van der Waals surface area (Å²) in [6.45, 7) is 35.6. The molecule has 3 atom stereocenters. The number of aromatic hydroxyl groups is 1. The van der Waals surface area contributed by atoms with Crippen molar-refractivity contribution in [3.05, 3.63) is 97.1 Å². The highest BCUT2D eigenvalue weighted by Gasteiger charge is 2.22. The quantitative estimate of drug-likeness (QED) is 0.00880. The molecular weight excluding hydrogens is 1370 g/mol. The molecule has 0 aliphatic rings. The minimum Gasteiger partial charge on any atom is -0.508 e. The topological polar surface area (TPSA) is 394 Å². The highest BCUT2D eigenvalue weighted by molar-refractivity contribution is 8.14. The Labute approximate surface area is 595 Å². The van der Waals surface area contributed by atoms with Crippen molar-refractivity contribution in [3.8, 4) is 23.0 Å². The van der Waals surface area contributed by atoms with E-state index in [1.165, 1.54) is 13.0 Å². The molecule has 3 amide bonds. The van der Waals surface area contributed by atoms with Crippen molar-refractivity contribution in [1.29, 1.82) is 0 Å². The number of alkyl carbamates (subject to hydrolysis) is 3. The number of carbonyl (C=O) groups is 4. The monoisotopic (exact) mass is 1490 g/mol. The third-order valence-corrected chi connectivity index (χ3v) is 17.0. The summed E-state index contributed by atoms with van der Waals surface area (Å²) in [6, 6.07) is 27.2. The van der Waals surface area contributed by atoms with Crippen molar-refractivity contribution in [2.75, 3.05) is 73.5 Å². The van der Waals surface area contributed by atoms with E-state index in [4.69, 9.17) is 61.4 Å². The molecule has 4 aromatic rings. The maximum atomic E-state index is 12.2. The van der Waals surface area contributed by atoms with Gasteiger partial charge < -0.3 is 71.4 Å². The molecule has 0 aromatic heterocycles. The number of rotatable bonds is 27. The molecule has 0 radical (unpaired) electrons. The number of nitrogens with one attached hydrogen (secondary N) is 5. The number of carbonyl (C=O) groups excluding carboxylic acids is 4. The van der Waals surface area contributed by atoms with E-state index in [1.54, 1.807) is 127 Å². The summed E-state index contributed by atoms with van der Waals surface area (Å²) in [5, 5.41) is 15.3. The lowest BCUT2D eigenvalue weighted by atomic mass is 10.2. The molecule has 0 fully saturated rings. The van der Waals surface area contributed by atoms with Crippen LogP contribution in [0.4, 0.5) is 37.1 Å². The molecule has 0 aliphatic heterocycles. The number of nitrogens with two attached hydrogens (primary N) is 3. The van der Waals surface area contributed by atoms with Gasteiger partial charge in [-0.25, -0.2) is 39.6 Å². The standard InChI is InChI=1S/C18H30N2O5S.C13H22N2O3S.C13H20N2O3.C8H17NO2.C6H7NO.C5H11ClO2S.C4H8O2.ClH/c1-6-8-14(2)26(22,23)20-15-9-7-10-16(13-15)24-12-11-19-17(21)25-18(3,4)5;1-3-5-11(2)19(16,17)15-12-6-4-7-13(10-12)18-9-8-14;1-13(2,3)18-12(16)15-7-8-17-11-6-4-5-10(14)9-11;1-5-6-9-7(10)11-8(2,3)4;7-5-2-1-3-6(8)4-5;1-3-4-5(2)9(6,7)8;1-3-6-4(2)5;/h7,9-10,13-14,20H,6,8,11-12H2,1-5H3,(H,19,21);4,6-7,10-11,15H,3,5,8-9,14H2,1-2H3;4-6,9H,7-8,14H2,1-3H3,(H,15,16);5-6H2,1-4H3,(H,9,10);1-4,8H,7H2;5H,3-4H2,1-2H3;3H2,1-2H3;1H. The summed E-state index contributed by atoms with van der Waals surface area (Å²) in [4.78, 5) is 43.6. The zero-order chi connectivity index (χ0) is 75.1. The number of halogens is 2. The molecule has 0 saturated carbocycles. The van der Waals surface area contributed by atoms with Crippen LogP contribution < -0.4 is 56.8 Å². The number of benzene rings is 4. The molecule has 0 bridgehead atoms. The largest absolute Gasteiger partial charge is 0.508 e. The van der Waals surface area contributed by atoms with Gasteiger partial charge in [-0.15, -0.1) is 12.4 Å². The Bertz CT molecular complexity index is 3170. The van der Waals surface area contributed by atoms with Gasteiger partial charge in [-0.2, -0.15) is 0 Å². The normalized spacial score (nSPS) is 11.8. The first-order valence-corrected chi connectivity index (χ1v) is 37.5. The molecule has 3 unspecified atom stereocenters. The first kappa shape index (κ1) is 97.3. The summed E-state index contributed by atoms with van der Waals surface area (Å²) in [6.07, 6.45) is 4.02. The summed E-state index contributed by atoms with van der Waals surface area (Å²) < 4.78 is 111. The van der Waals surface area contributed by atoms with Gasteiger partial charge in [0.15, 0.2) is 0 Å². The van der Waals surface area contributed by atoms with Crippen molar-refractivity contribution in [3.63, 3.8) is 0 Å². The van der Waals surface area contributed by atoms with E-state index in [1.807, 2.05) is 81.4 Å². The van der Waals surface area contributed by atoms with Gasteiger partial charge in [-0.1, -0.05) is 71.2 Å². The second-order valence-corrected chi connectivity index (χ2v) is 31.6. The number of sulfonamides is 2. The van der Waals surface area contributed by atoms with E-state index >= 15 is 0 Å². The SMILES string of the molecule is CC(C)(C)OC(=O)NCCOc1cccc(N)c1.CCCC(C)S(=O)(=O)Cl.CCCC(C)S(=O)(=O)Nc1cccc(OCCN)c1.CCCC(C)S(=O)(=O)Nc1cccc(OCCNC(=O)OC(C)(C)C)c1.CCCNC(=O)OC(C)(C)C.CCOC(C)=O.Cl.Nc1cccc(O)c1. The van der Waals surface area contributed by atoms with Crippen molar-refractivity contribution < 1.29 is 82.7 Å². The number of phenolic OH excluding ortho intramolecular Hbond substituents is 1. The Morgan fingerprint density at radius 1 is 0.500 bits per heavy atom. The Morgan fingerprint density at radius 3 is 1.11 bits per heavy atom. The van der Waals surface area contributed by atoms with Crippen LogP contribution in [-0.4, -0.2) is 140 Å². The number of amides is 3. The molecule has 4 aromatic carbocycles. The van der Waals surface area contributed by atoms with Gasteiger partial charge >= 0.3 is 24.2 Å². The number of ether oxygens (including phenoxy) is 7. The Morgan fingerprint density at radius 2 is 0.837 bits per heavy atom. The van der Waals surface area contributed by atoms with E-state index in [2.05, 4.69) is 30.1 Å². The van der Waals surface area contributed by atoms with Crippen LogP contribution in [0.3, 0.4) is 0 Å². The highest BCUT2D eigenvalue weighted by atomic mass is 35.7. The summed E-state index contributed by atoms with van der Waals surface area (Å²) in [7, 11) is -5.03. The molecule has 0 heterocycles. The minimum atomic E-state index is -3.43. The van der Waals surface area contributed by atoms with Gasteiger partial charge in [0.2, 0.25) is 29.1 Å². The average molecular weight is 1490 g/mol. The van der Waals surface area contributed by atoms with Crippen LogP contribution in [0.15, 0.2) is 97.1 Å². The Kier molecular flexibility index (Phi) is 51.7. The number of hydrogen-bond donors (Lipinski definition) is 9. The third-order valence-electron chi connectivity index (χ3n) is 11.3. The number of hydrogen-bond acceptors (Lipinski definition) is 21. The predicted octanol–water partition coefficient (Wildman–Crippen LogP) is 13.3. The molecule has 0 aliphatic carbocycles. The summed E-state index contributed by atoms with van der Waals surface area (Å²) in [5.74, 6) is 1.80. The fraction of sp³-hybridized carbons (Fsp3) is 0.582. The van der Waals surface area contributed by atoms with Crippen LogP contribution >= 0.6 is 23.1 Å². The van der Waals surface area contributed by atoms with Crippen LogP contribution in [0.2, 0.25) is 0 Å². The lowest BCUT2D eigenvalue weighted by Gasteiger charge is -2.19. The molecule has 0 spiro atoms. The van der Waals surface area contributed by atoms with E-state index in [-0.39, 0.29) is 43.4 Å². The predicted molar refractivity (Wildman–Crippen MR) is 397 cm³/mol. The first-order valence-electron chi connectivity index (χ1n) is 32.1. The van der Waals surface area contributed by atoms with Gasteiger partial charge in [-0.3, -0.25) is 14.2 Å². The second-order valence-electron chi connectivity index (χ2n) is 24.3. The molecular formula is C67H116Cl2N8O18S3. The van der Waals surface area contributed by atoms with E-state index < -0.39 is 73.8 Å². The minimum absolute atomic E-state index is 0.